The van der Waals surface area contributed by atoms with Crippen molar-refractivity contribution in [3.05, 3.63) is 60.2 Å². The predicted octanol–water partition coefficient (Wildman–Crippen LogP) is 2.29. The standard InChI is InChI=1S/C15H10N4O2/c16-14-9(13(20)12-6-3-7-21-12)8-19-11-5-2-1-4-10(11)17-15(19)18-14/h1-8H,(H2,16,17,18). The number of carbonyl (C=O) groups is 1. The van der Waals surface area contributed by atoms with E-state index in [2.05, 4.69) is 9.97 Å². The number of furan rings is 1. The maximum absolute atomic E-state index is 12.4. The molecule has 0 aliphatic carbocycles. The highest BCUT2D eigenvalue weighted by Gasteiger charge is 2.18. The average molecular weight is 278 g/mol. The van der Waals surface area contributed by atoms with Gasteiger partial charge in [0.2, 0.25) is 11.6 Å². The third-order valence-electron chi connectivity index (χ3n) is 3.32. The van der Waals surface area contributed by atoms with Crippen LogP contribution in [-0.4, -0.2) is 20.2 Å². The molecule has 2 N–H and O–H groups in total. The molecule has 0 fully saturated rings. The van der Waals surface area contributed by atoms with Gasteiger partial charge in [-0.05, 0) is 24.3 Å². The Balaban J connectivity index is 1.99. The highest BCUT2D eigenvalue weighted by Crippen LogP contribution is 2.20. The third kappa shape index (κ3) is 1.69. The van der Waals surface area contributed by atoms with Crippen molar-refractivity contribution in [3.8, 4) is 0 Å². The zero-order valence-corrected chi connectivity index (χ0v) is 10.9. The Kier molecular flexibility index (Phi) is 2.32. The van der Waals surface area contributed by atoms with Crippen molar-refractivity contribution in [3.63, 3.8) is 0 Å². The quantitative estimate of drug-likeness (QED) is 0.568. The number of benzene rings is 1. The number of para-hydroxylation sites is 2. The van der Waals surface area contributed by atoms with Crippen molar-refractivity contribution < 1.29 is 9.21 Å². The molecule has 0 aliphatic rings. The molecule has 0 saturated heterocycles. The lowest BCUT2D eigenvalue weighted by molar-refractivity contribution is 0.101. The molecule has 4 aromatic rings. The van der Waals surface area contributed by atoms with E-state index < -0.39 is 0 Å². The summed E-state index contributed by atoms with van der Waals surface area (Å²) in [6.07, 6.45) is 3.10. The van der Waals surface area contributed by atoms with Gasteiger partial charge >= 0.3 is 0 Å². The summed E-state index contributed by atoms with van der Waals surface area (Å²) in [5.74, 6) is 0.529. The number of imidazole rings is 1. The van der Waals surface area contributed by atoms with Crippen LogP contribution in [0.5, 0.6) is 0 Å². The first-order chi connectivity index (χ1) is 10.2. The Labute approximate surface area is 118 Å². The fraction of sp³-hybridized carbons (Fsp3) is 0. The Bertz CT molecular complexity index is 970. The Morgan fingerprint density at radius 1 is 1.14 bits per heavy atom. The molecule has 6 nitrogen and oxygen atoms in total. The lowest BCUT2D eigenvalue weighted by Crippen LogP contribution is -2.08. The molecule has 1 aromatic carbocycles. The van der Waals surface area contributed by atoms with Crippen LogP contribution in [0.2, 0.25) is 0 Å². The molecule has 4 rings (SSSR count). The second kappa shape index (κ2) is 4.17. The van der Waals surface area contributed by atoms with Crippen LogP contribution in [0.1, 0.15) is 16.1 Å². The lowest BCUT2D eigenvalue weighted by Gasteiger charge is -2.03. The van der Waals surface area contributed by atoms with E-state index in [1.165, 1.54) is 6.26 Å². The van der Waals surface area contributed by atoms with Gasteiger partial charge in [0.15, 0.2) is 5.76 Å². The molecule has 3 aromatic heterocycles. The normalized spacial score (nSPS) is 11.2. The smallest absolute Gasteiger partial charge is 0.236 e. The van der Waals surface area contributed by atoms with Crippen LogP contribution in [0.15, 0.2) is 53.3 Å². The molecule has 3 heterocycles. The van der Waals surface area contributed by atoms with Crippen molar-refractivity contribution in [2.75, 3.05) is 5.73 Å². The molecule has 0 unspecified atom stereocenters. The van der Waals surface area contributed by atoms with Crippen LogP contribution < -0.4 is 5.73 Å². The second-order valence-corrected chi connectivity index (χ2v) is 4.62. The molecule has 0 radical (unpaired) electrons. The van der Waals surface area contributed by atoms with Gasteiger partial charge < -0.3 is 10.2 Å². The fourth-order valence-electron chi connectivity index (χ4n) is 2.32. The van der Waals surface area contributed by atoms with Crippen LogP contribution in [0.3, 0.4) is 0 Å². The number of nitrogens with zero attached hydrogens (tertiary/aromatic N) is 3. The number of hydrogen-bond donors (Lipinski definition) is 1. The van der Waals surface area contributed by atoms with Gasteiger partial charge in [-0.1, -0.05) is 12.1 Å². The number of aromatic nitrogens is 3. The van der Waals surface area contributed by atoms with Gasteiger partial charge in [0.1, 0.15) is 5.82 Å². The second-order valence-electron chi connectivity index (χ2n) is 4.62. The van der Waals surface area contributed by atoms with Crippen molar-refractivity contribution in [2.45, 2.75) is 0 Å². The Morgan fingerprint density at radius 2 is 2.00 bits per heavy atom. The first-order valence-electron chi connectivity index (χ1n) is 6.35. The fourth-order valence-corrected chi connectivity index (χ4v) is 2.32. The minimum Gasteiger partial charge on any atom is -0.461 e. The van der Waals surface area contributed by atoms with E-state index in [0.717, 1.165) is 11.0 Å². The number of nitrogens with two attached hydrogens (primary N) is 1. The van der Waals surface area contributed by atoms with E-state index in [4.69, 9.17) is 10.2 Å². The number of nitrogen functional groups attached to an aromatic ring is 1. The van der Waals surface area contributed by atoms with Gasteiger partial charge in [0, 0.05) is 6.20 Å². The van der Waals surface area contributed by atoms with Crippen LogP contribution in [-0.2, 0) is 0 Å². The zero-order chi connectivity index (χ0) is 14.4. The first kappa shape index (κ1) is 11.7. The maximum Gasteiger partial charge on any atom is 0.236 e. The Morgan fingerprint density at radius 3 is 2.81 bits per heavy atom. The molecule has 0 saturated carbocycles. The third-order valence-corrected chi connectivity index (χ3v) is 3.32. The summed E-state index contributed by atoms with van der Waals surface area (Å²) < 4.78 is 6.88. The largest absolute Gasteiger partial charge is 0.461 e. The van der Waals surface area contributed by atoms with Crippen LogP contribution in [0, 0.1) is 0 Å². The highest BCUT2D eigenvalue weighted by molar-refractivity contribution is 6.10. The van der Waals surface area contributed by atoms with Crippen LogP contribution in [0.4, 0.5) is 5.82 Å². The van der Waals surface area contributed by atoms with E-state index in [-0.39, 0.29) is 17.4 Å². The molecule has 0 spiro atoms. The monoisotopic (exact) mass is 278 g/mol. The summed E-state index contributed by atoms with van der Waals surface area (Å²) in [5.41, 5.74) is 7.85. The summed E-state index contributed by atoms with van der Waals surface area (Å²) in [6, 6.07) is 10.8. The van der Waals surface area contributed by atoms with E-state index in [9.17, 15) is 4.79 Å². The minimum atomic E-state index is -0.301. The molecule has 0 atom stereocenters. The number of fused-ring (bicyclic) bond motifs is 3. The molecular formula is C15H10N4O2. The molecule has 21 heavy (non-hydrogen) atoms. The zero-order valence-electron chi connectivity index (χ0n) is 10.9. The van der Waals surface area contributed by atoms with Gasteiger partial charge in [-0.25, -0.2) is 4.98 Å². The van der Waals surface area contributed by atoms with Crippen molar-refractivity contribution in [1.82, 2.24) is 14.4 Å². The molecule has 0 amide bonds. The van der Waals surface area contributed by atoms with Crippen molar-refractivity contribution in [2.24, 2.45) is 0 Å². The van der Waals surface area contributed by atoms with Crippen molar-refractivity contribution >= 4 is 28.4 Å². The predicted molar refractivity (Wildman–Crippen MR) is 77.0 cm³/mol. The SMILES string of the molecule is Nc1nc2nc3ccccc3n2cc1C(=O)c1ccco1. The van der Waals surface area contributed by atoms with Gasteiger partial charge in [-0.3, -0.25) is 9.20 Å². The van der Waals surface area contributed by atoms with E-state index >= 15 is 0 Å². The highest BCUT2D eigenvalue weighted by atomic mass is 16.3. The van der Waals surface area contributed by atoms with Gasteiger partial charge in [-0.2, -0.15) is 4.98 Å². The maximum atomic E-state index is 12.4. The van der Waals surface area contributed by atoms with Gasteiger partial charge in [-0.15, -0.1) is 0 Å². The number of carbonyl (C=O) groups excluding carboxylic acids is 1. The van der Waals surface area contributed by atoms with Crippen LogP contribution in [0.25, 0.3) is 16.8 Å². The van der Waals surface area contributed by atoms with E-state index in [0.29, 0.717) is 11.3 Å². The topological polar surface area (TPSA) is 86.4 Å². The van der Waals surface area contributed by atoms with Gasteiger partial charge in [0.05, 0.1) is 22.9 Å². The number of hydrogen-bond acceptors (Lipinski definition) is 5. The number of anilines is 1. The van der Waals surface area contributed by atoms with Crippen molar-refractivity contribution in [1.29, 1.82) is 0 Å². The van der Waals surface area contributed by atoms with E-state index in [1.54, 1.807) is 22.7 Å². The van der Waals surface area contributed by atoms with Crippen LogP contribution >= 0.6 is 0 Å². The Hall–Kier alpha value is -3.15. The molecule has 0 bridgehead atoms. The molecular weight excluding hydrogens is 268 g/mol. The average Bonchev–Trinajstić information content (AvgIpc) is 3.13. The lowest BCUT2D eigenvalue weighted by atomic mass is 10.1. The first-order valence-corrected chi connectivity index (χ1v) is 6.35. The minimum absolute atomic E-state index is 0.138. The molecule has 6 heteroatoms. The number of rotatable bonds is 2. The van der Waals surface area contributed by atoms with E-state index in [1.807, 2.05) is 24.3 Å². The summed E-state index contributed by atoms with van der Waals surface area (Å²) in [4.78, 5) is 21.0. The summed E-state index contributed by atoms with van der Waals surface area (Å²) in [6.45, 7) is 0. The molecule has 102 valence electrons. The summed E-state index contributed by atoms with van der Waals surface area (Å²) in [7, 11) is 0. The number of ketones is 1. The van der Waals surface area contributed by atoms with Gasteiger partial charge in [0.25, 0.3) is 0 Å². The summed E-state index contributed by atoms with van der Waals surface area (Å²) in [5, 5.41) is 0. The summed E-state index contributed by atoms with van der Waals surface area (Å²) >= 11 is 0. The molecule has 0 aliphatic heterocycles.